The standard InChI is InChI=1S/C8H8N2O/c1-6-9-7-4-2-3-5-8(7)10(6)11/h2-5,9H,1H3. The number of hydrogen-bond acceptors (Lipinski definition) is 1. The number of para-hydroxylation sites is 2. The summed E-state index contributed by atoms with van der Waals surface area (Å²) in [6, 6.07) is 7.44. The van der Waals surface area contributed by atoms with Crippen molar-refractivity contribution in [3.8, 4) is 0 Å². The summed E-state index contributed by atoms with van der Waals surface area (Å²) in [5, 5.41) is 11.2. The molecule has 0 saturated heterocycles. The van der Waals surface area contributed by atoms with E-state index >= 15 is 0 Å². The zero-order valence-electron chi connectivity index (χ0n) is 6.16. The Morgan fingerprint density at radius 2 is 2.09 bits per heavy atom. The van der Waals surface area contributed by atoms with Gasteiger partial charge in [-0.15, -0.1) is 0 Å². The molecule has 0 unspecified atom stereocenters. The second-order valence-corrected chi connectivity index (χ2v) is 2.52. The van der Waals surface area contributed by atoms with Gasteiger partial charge in [-0.05, 0) is 12.1 Å². The number of aryl methyl sites for hydroxylation is 1. The van der Waals surface area contributed by atoms with Crippen LogP contribution in [0.5, 0.6) is 0 Å². The molecule has 1 N–H and O–H groups in total. The molecule has 1 aromatic carbocycles. The lowest BCUT2D eigenvalue weighted by molar-refractivity contribution is -0.584. The van der Waals surface area contributed by atoms with Gasteiger partial charge in [-0.2, -0.15) is 0 Å². The Bertz CT molecular complexity index is 392. The fraction of sp³-hybridized carbons (Fsp3) is 0.125. The van der Waals surface area contributed by atoms with E-state index in [-0.39, 0.29) is 0 Å². The largest absolute Gasteiger partial charge is 0.710 e. The lowest BCUT2D eigenvalue weighted by Crippen LogP contribution is -2.27. The topological polar surface area (TPSA) is 42.7 Å². The van der Waals surface area contributed by atoms with Gasteiger partial charge in [-0.25, -0.2) is 9.71 Å². The minimum atomic E-state index is 0.631. The van der Waals surface area contributed by atoms with Crippen molar-refractivity contribution in [2.24, 2.45) is 0 Å². The van der Waals surface area contributed by atoms with Gasteiger partial charge < -0.3 is 5.21 Å². The van der Waals surface area contributed by atoms with Gasteiger partial charge in [0.25, 0.3) is 5.82 Å². The molecule has 0 spiro atoms. The van der Waals surface area contributed by atoms with Crippen LogP contribution in [0.15, 0.2) is 24.3 Å². The number of rotatable bonds is 0. The van der Waals surface area contributed by atoms with E-state index in [1.165, 1.54) is 0 Å². The molecule has 3 heteroatoms. The normalized spacial score (nSPS) is 10.6. The molecule has 1 heterocycles. The van der Waals surface area contributed by atoms with Crippen LogP contribution in [0.25, 0.3) is 11.0 Å². The second-order valence-electron chi connectivity index (χ2n) is 2.52. The summed E-state index contributed by atoms with van der Waals surface area (Å²) in [6.07, 6.45) is 0. The molecule has 0 saturated carbocycles. The highest BCUT2D eigenvalue weighted by Crippen LogP contribution is 2.06. The Balaban J connectivity index is 2.92. The van der Waals surface area contributed by atoms with Gasteiger partial charge in [-0.3, -0.25) is 0 Å². The van der Waals surface area contributed by atoms with Gasteiger partial charge in [0.15, 0.2) is 11.0 Å². The van der Waals surface area contributed by atoms with Gasteiger partial charge in [-0.1, -0.05) is 12.1 Å². The quantitative estimate of drug-likeness (QED) is 0.441. The van der Waals surface area contributed by atoms with E-state index in [1.807, 2.05) is 18.2 Å². The SMILES string of the molecule is Cc1[nH]c2ccccc2[n+]1[O-]. The lowest BCUT2D eigenvalue weighted by atomic mass is 10.3. The maximum Gasteiger partial charge on any atom is 0.255 e. The van der Waals surface area contributed by atoms with Crippen molar-refractivity contribution in [2.45, 2.75) is 6.92 Å². The average Bonchev–Trinajstić information content (AvgIpc) is 2.30. The van der Waals surface area contributed by atoms with Crippen LogP contribution < -0.4 is 4.73 Å². The smallest absolute Gasteiger partial charge is 0.255 e. The number of hydrogen-bond donors (Lipinski definition) is 1. The molecule has 0 aliphatic carbocycles. The van der Waals surface area contributed by atoms with Crippen molar-refractivity contribution in [2.75, 3.05) is 0 Å². The summed E-state index contributed by atoms with van der Waals surface area (Å²) >= 11 is 0. The molecule has 1 aromatic heterocycles. The van der Waals surface area contributed by atoms with Crippen molar-refractivity contribution < 1.29 is 4.73 Å². The predicted molar refractivity (Wildman–Crippen MR) is 42.0 cm³/mol. The van der Waals surface area contributed by atoms with Crippen LogP contribution in [0, 0.1) is 12.1 Å². The molecule has 0 aliphatic rings. The van der Waals surface area contributed by atoms with Crippen LogP contribution in [0.4, 0.5) is 0 Å². The molecule has 0 bridgehead atoms. The van der Waals surface area contributed by atoms with Gasteiger partial charge >= 0.3 is 0 Å². The van der Waals surface area contributed by atoms with Crippen molar-refractivity contribution in [3.05, 3.63) is 35.3 Å². The molecule has 3 nitrogen and oxygen atoms in total. The van der Waals surface area contributed by atoms with Crippen LogP contribution in [0.3, 0.4) is 0 Å². The van der Waals surface area contributed by atoms with E-state index in [4.69, 9.17) is 0 Å². The number of benzene rings is 1. The molecule has 2 aromatic rings. The Hall–Kier alpha value is -1.51. The van der Waals surface area contributed by atoms with Crippen LogP contribution in [-0.4, -0.2) is 4.98 Å². The first-order valence-corrected chi connectivity index (χ1v) is 3.46. The molecular formula is C8H8N2O. The Morgan fingerprint density at radius 1 is 1.36 bits per heavy atom. The monoisotopic (exact) mass is 148 g/mol. The van der Waals surface area contributed by atoms with E-state index in [2.05, 4.69) is 4.98 Å². The predicted octanol–water partition coefficient (Wildman–Crippen LogP) is 1.11. The van der Waals surface area contributed by atoms with Crippen molar-refractivity contribution in [1.82, 2.24) is 4.98 Å². The molecule has 11 heavy (non-hydrogen) atoms. The number of aromatic amines is 1. The summed E-state index contributed by atoms with van der Waals surface area (Å²) in [7, 11) is 0. The van der Waals surface area contributed by atoms with Crippen LogP contribution >= 0.6 is 0 Å². The van der Waals surface area contributed by atoms with E-state index in [9.17, 15) is 5.21 Å². The second kappa shape index (κ2) is 1.99. The minimum Gasteiger partial charge on any atom is -0.710 e. The third-order valence-corrected chi connectivity index (χ3v) is 1.74. The van der Waals surface area contributed by atoms with Gasteiger partial charge in [0, 0.05) is 6.92 Å². The zero-order valence-corrected chi connectivity index (χ0v) is 6.16. The van der Waals surface area contributed by atoms with E-state index in [0.29, 0.717) is 11.3 Å². The molecule has 0 aliphatic heterocycles. The van der Waals surface area contributed by atoms with E-state index in [1.54, 1.807) is 13.0 Å². The fourth-order valence-corrected chi connectivity index (χ4v) is 1.18. The summed E-state index contributed by atoms with van der Waals surface area (Å²) < 4.78 is 0.898. The first-order valence-electron chi connectivity index (χ1n) is 3.46. The highest BCUT2D eigenvalue weighted by Gasteiger charge is 2.06. The molecule has 0 radical (unpaired) electrons. The van der Waals surface area contributed by atoms with Crippen molar-refractivity contribution in [3.63, 3.8) is 0 Å². The number of H-pyrrole nitrogens is 1. The number of nitrogens with zero attached hydrogens (tertiary/aromatic N) is 1. The molecule has 2 rings (SSSR count). The van der Waals surface area contributed by atoms with E-state index in [0.717, 1.165) is 10.2 Å². The highest BCUT2D eigenvalue weighted by molar-refractivity contribution is 5.71. The fourth-order valence-electron chi connectivity index (χ4n) is 1.18. The third-order valence-electron chi connectivity index (χ3n) is 1.74. The van der Waals surface area contributed by atoms with Crippen LogP contribution in [-0.2, 0) is 0 Å². The molecule has 0 amide bonds. The Kier molecular flexibility index (Phi) is 1.12. The number of imidazole rings is 1. The Morgan fingerprint density at radius 3 is 2.82 bits per heavy atom. The summed E-state index contributed by atoms with van der Waals surface area (Å²) in [4.78, 5) is 2.98. The highest BCUT2D eigenvalue weighted by atomic mass is 16.5. The van der Waals surface area contributed by atoms with Crippen LogP contribution in [0.1, 0.15) is 5.82 Å². The minimum absolute atomic E-state index is 0.631. The average molecular weight is 148 g/mol. The number of nitrogens with one attached hydrogen (secondary N) is 1. The maximum atomic E-state index is 11.2. The van der Waals surface area contributed by atoms with Gasteiger partial charge in [0.1, 0.15) is 0 Å². The number of fused-ring (bicyclic) bond motifs is 1. The first-order chi connectivity index (χ1) is 5.29. The van der Waals surface area contributed by atoms with Crippen molar-refractivity contribution in [1.29, 1.82) is 0 Å². The summed E-state index contributed by atoms with van der Waals surface area (Å²) in [5.41, 5.74) is 1.59. The van der Waals surface area contributed by atoms with Crippen LogP contribution in [0.2, 0.25) is 0 Å². The molecule has 56 valence electrons. The summed E-state index contributed by atoms with van der Waals surface area (Å²) in [6.45, 7) is 1.76. The van der Waals surface area contributed by atoms with Crippen molar-refractivity contribution >= 4 is 11.0 Å². The third kappa shape index (κ3) is 0.774. The van der Waals surface area contributed by atoms with E-state index < -0.39 is 0 Å². The lowest BCUT2D eigenvalue weighted by Gasteiger charge is -1.96. The van der Waals surface area contributed by atoms with Gasteiger partial charge in [0.05, 0.1) is 0 Å². The summed E-state index contributed by atoms with van der Waals surface area (Å²) in [5.74, 6) is 0.631. The molecule has 0 atom stereocenters. The molecular weight excluding hydrogens is 140 g/mol. The first kappa shape index (κ1) is 6.22. The maximum absolute atomic E-state index is 11.2. The molecule has 0 fully saturated rings. The van der Waals surface area contributed by atoms with Gasteiger partial charge in [0.2, 0.25) is 0 Å². The number of aromatic nitrogens is 2. The zero-order chi connectivity index (χ0) is 7.84. The Labute approximate surface area is 63.9 Å².